The van der Waals surface area contributed by atoms with Crippen LogP contribution in [0.25, 0.3) is 11.5 Å². The zero-order valence-corrected chi connectivity index (χ0v) is 17.1. The second kappa shape index (κ2) is 6.28. The Balaban J connectivity index is 1.39. The van der Waals surface area contributed by atoms with Crippen LogP contribution in [0, 0.1) is 11.8 Å². The van der Waals surface area contributed by atoms with E-state index in [4.69, 9.17) is 4.98 Å². The van der Waals surface area contributed by atoms with Crippen LogP contribution in [0.15, 0.2) is 31.2 Å². The molecule has 1 N–H and O–H groups in total. The van der Waals surface area contributed by atoms with Crippen molar-refractivity contribution >= 4 is 0 Å². The van der Waals surface area contributed by atoms with Crippen molar-refractivity contribution in [3.63, 3.8) is 0 Å². The lowest BCUT2D eigenvalue weighted by Crippen LogP contribution is -2.60. The largest absolute Gasteiger partial charge is 0.339 e. The topological polar surface area (TPSA) is 77.2 Å². The summed E-state index contributed by atoms with van der Waals surface area (Å²) in [7, 11) is 0. The summed E-state index contributed by atoms with van der Waals surface area (Å²) >= 11 is 0. The number of H-pyrrole nitrogens is 1. The molecule has 0 aliphatic heterocycles. The van der Waals surface area contributed by atoms with Gasteiger partial charge in [-0.05, 0) is 56.8 Å². The van der Waals surface area contributed by atoms with Gasteiger partial charge in [-0.1, -0.05) is 13.3 Å². The molecule has 0 spiro atoms. The summed E-state index contributed by atoms with van der Waals surface area (Å²) < 4.78 is 4.65. The van der Waals surface area contributed by atoms with E-state index < -0.39 is 0 Å². The fourth-order valence-electron chi connectivity index (χ4n) is 7.00. The Morgan fingerprint density at radius 3 is 2.72 bits per heavy atom. The first-order chi connectivity index (χ1) is 14.2. The third-order valence-electron chi connectivity index (χ3n) is 7.69. The highest BCUT2D eigenvalue weighted by Gasteiger charge is 2.60. The predicted octanol–water partition coefficient (Wildman–Crippen LogP) is 3.91. The molecule has 0 amide bonds. The Kier molecular flexibility index (Phi) is 3.77. The Bertz CT molecular complexity index is 984. The standard InChI is InChI=1S/C22H29N7/c1-2-3-4-19-25-12-18(27-19)20-24-5-6-28(20)21-8-16-7-17(9-21)11-22(10-16,13-21)29-15-23-14-26-29/h5-6,12,14-17H,2-4,7-11,13H2,1H3,(H,25,27). The molecule has 2 unspecified atom stereocenters. The molecule has 7 heteroatoms. The number of hydrogen-bond donors (Lipinski definition) is 1. The van der Waals surface area contributed by atoms with Crippen molar-refractivity contribution in [2.45, 2.75) is 75.8 Å². The molecule has 0 saturated heterocycles. The van der Waals surface area contributed by atoms with Gasteiger partial charge in [0.15, 0.2) is 5.82 Å². The number of nitrogens with one attached hydrogen (secondary N) is 1. The van der Waals surface area contributed by atoms with Crippen LogP contribution in [0.1, 0.15) is 64.1 Å². The number of hydrogen-bond acceptors (Lipinski definition) is 4. The number of aromatic nitrogens is 7. The molecule has 29 heavy (non-hydrogen) atoms. The summed E-state index contributed by atoms with van der Waals surface area (Å²) in [4.78, 5) is 17.2. The van der Waals surface area contributed by atoms with Gasteiger partial charge in [-0.15, -0.1) is 0 Å². The van der Waals surface area contributed by atoms with Crippen molar-refractivity contribution in [1.29, 1.82) is 0 Å². The molecule has 4 saturated carbocycles. The van der Waals surface area contributed by atoms with Gasteiger partial charge in [-0.3, -0.25) is 0 Å². The van der Waals surface area contributed by atoms with Gasteiger partial charge in [0.1, 0.15) is 24.2 Å². The van der Waals surface area contributed by atoms with Crippen molar-refractivity contribution < 1.29 is 0 Å². The molecule has 4 bridgehead atoms. The van der Waals surface area contributed by atoms with Crippen molar-refractivity contribution in [1.82, 2.24) is 34.3 Å². The number of aryl methyl sites for hydroxylation is 1. The first-order valence-corrected chi connectivity index (χ1v) is 11.1. The van der Waals surface area contributed by atoms with Crippen LogP contribution in [0.3, 0.4) is 0 Å². The SMILES string of the molecule is CCCCc1ncc(-c2nccn2C23CC4CC(CC(n5cncn5)(C4)C2)C3)[nH]1. The number of nitrogens with zero attached hydrogens (tertiary/aromatic N) is 6. The molecule has 3 aromatic rings. The molecule has 7 rings (SSSR count). The fraction of sp³-hybridized carbons (Fsp3) is 0.636. The summed E-state index contributed by atoms with van der Waals surface area (Å²) in [6, 6.07) is 0. The summed E-state index contributed by atoms with van der Waals surface area (Å²) in [6.45, 7) is 2.22. The van der Waals surface area contributed by atoms with Gasteiger partial charge in [0.2, 0.25) is 0 Å². The third kappa shape index (κ3) is 2.62. The highest BCUT2D eigenvalue weighted by molar-refractivity contribution is 5.49. The minimum absolute atomic E-state index is 0.113. The third-order valence-corrected chi connectivity index (χ3v) is 7.69. The highest BCUT2D eigenvalue weighted by Crippen LogP contribution is 2.63. The smallest absolute Gasteiger partial charge is 0.158 e. The minimum atomic E-state index is 0.113. The van der Waals surface area contributed by atoms with Crippen molar-refractivity contribution in [3.8, 4) is 11.5 Å². The van der Waals surface area contributed by atoms with E-state index in [0.717, 1.165) is 48.4 Å². The normalized spacial score (nSPS) is 32.9. The van der Waals surface area contributed by atoms with E-state index in [0.29, 0.717) is 0 Å². The van der Waals surface area contributed by atoms with E-state index in [-0.39, 0.29) is 11.1 Å². The maximum atomic E-state index is 4.78. The molecular weight excluding hydrogens is 362 g/mol. The first-order valence-electron chi connectivity index (χ1n) is 11.1. The molecule has 4 aliphatic rings. The maximum absolute atomic E-state index is 4.78. The van der Waals surface area contributed by atoms with Crippen LogP contribution in [-0.4, -0.2) is 34.3 Å². The molecule has 4 aliphatic carbocycles. The van der Waals surface area contributed by atoms with Gasteiger partial charge in [0.25, 0.3) is 0 Å². The van der Waals surface area contributed by atoms with E-state index in [1.54, 1.807) is 6.33 Å². The van der Waals surface area contributed by atoms with Gasteiger partial charge >= 0.3 is 0 Å². The summed E-state index contributed by atoms with van der Waals surface area (Å²) in [5.74, 6) is 3.63. The Morgan fingerprint density at radius 1 is 1.14 bits per heavy atom. The Hall–Kier alpha value is -2.44. The summed E-state index contributed by atoms with van der Waals surface area (Å²) in [5.41, 5.74) is 1.28. The zero-order chi connectivity index (χ0) is 19.5. The van der Waals surface area contributed by atoms with Crippen LogP contribution < -0.4 is 0 Å². The highest BCUT2D eigenvalue weighted by atomic mass is 15.4. The van der Waals surface area contributed by atoms with E-state index in [1.807, 2.05) is 18.7 Å². The Morgan fingerprint density at radius 2 is 1.97 bits per heavy atom. The van der Waals surface area contributed by atoms with Crippen LogP contribution in [0.4, 0.5) is 0 Å². The lowest BCUT2D eigenvalue weighted by atomic mass is 9.49. The van der Waals surface area contributed by atoms with E-state index in [2.05, 4.69) is 42.4 Å². The van der Waals surface area contributed by atoms with Crippen LogP contribution in [0.5, 0.6) is 0 Å². The van der Waals surface area contributed by atoms with Gasteiger partial charge in [0.05, 0.1) is 11.7 Å². The number of imidazole rings is 2. The minimum Gasteiger partial charge on any atom is -0.339 e. The van der Waals surface area contributed by atoms with Gasteiger partial charge in [-0.25, -0.2) is 19.6 Å². The molecular formula is C22H29N7. The first kappa shape index (κ1) is 17.4. The van der Waals surface area contributed by atoms with Crippen LogP contribution >= 0.6 is 0 Å². The van der Waals surface area contributed by atoms with Crippen molar-refractivity contribution in [2.75, 3.05) is 0 Å². The van der Waals surface area contributed by atoms with E-state index in [1.165, 1.54) is 38.5 Å². The van der Waals surface area contributed by atoms with Crippen molar-refractivity contribution in [2.24, 2.45) is 11.8 Å². The second-order valence-electron chi connectivity index (χ2n) is 9.72. The fourth-order valence-corrected chi connectivity index (χ4v) is 7.00. The lowest BCUT2D eigenvalue weighted by molar-refractivity contribution is -0.0968. The molecule has 152 valence electrons. The molecule has 4 fully saturated rings. The molecule has 7 nitrogen and oxygen atoms in total. The molecule has 3 heterocycles. The zero-order valence-electron chi connectivity index (χ0n) is 17.1. The van der Waals surface area contributed by atoms with E-state index in [9.17, 15) is 0 Å². The maximum Gasteiger partial charge on any atom is 0.158 e. The van der Waals surface area contributed by atoms with Crippen molar-refractivity contribution in [3.05, 3.63) is 37.1 Å². The van der Waals surface area contributed by atoms with E-state index >= 15 is 0 Å². The predicted molar refractivity (Wildman–Crippen MR) is 109 cm³/mol. The summed E-state index contributed by atoms with van der Waals surface area (Å²) in [6.07, 6.45) is 20.6. The number of aromatic amines is 1. The average Bonchev–Trinajstić information content (AvgIpc) is 3.47. The number of unbranched alkanes of at least 4 members (excludes halogenated alkanes) is 1. The molecule has 0 radical (unpaired) electrons. The number of rotatable bonds is 6. The average molecular weight is 392 g/mol. The van der Waals surface area contributed by atoms with Gasteiger partial charge < -0.3 is 9.55 Å². The van der Waals surface area contributed by atoms with Gasteiger partial charge in [0, 0.05) is 24.4 Å². The lowest BCUT2D eigenvalue weighted by Gasteiger charge is -2.62. The van der Waals surface area contributed by atoms with Crippen LogP contribution in [0.2, 0.25) is 0 Å². The van der Waals surface area contributed by atoms with Gasteiger partial charge in [-0.2, -0.15) is 5.10 Å². The monoisotopic (exact) mass is 391 g/mol. The molecule has 2 atom stereocenters. The molecule has 0 aromatic carbocycles. The van der Waals surface area contributed by atoms with Crippen LogP contribution in [-0.2, 0) is 17.5 Å². The Labute approximate surface area is 171 Å². The second-order valence-corrected chi connectivity index (χ2v) is 9.72. The summed E-state index contributed by atoms with van der Waals surface area (Å²) in [5, 5.41) is 4.60. The quantitative estimate of drug-likeness (QED) is 0.691. The molecule has 3 aromatic heterocycles.